The van der Waals surface area contributed by atoms with Crippen LogP contribution in [0.15, 0.2) is 23.4 Å². The first kappa shape index (κ1) is 15.7. The van der Waals surface area contributed by atoms with E-state index < -0.39 is 11.9 Å². The zero-order valence-corrected chi connectivity index (χ0v) is 13.9. The van der Waals surface area contributed by atoms with E-state index in [1.54, 1.807) is 7.11 Å². The molecule has 0 bridgehead atoms. The third kappa shape index (κ3) is 2.96. The van der Waals surface area contributed by atoms with Crippen LogP contribution in [0.1, 0.15) is 44.1 Å². The van der Waals surface area contributed by atoms with Gasteiger partial charge in [0.05, 0.1) is 25.5 Å². The Hall–Kier alpha value is -1.79. The van der Waals surface area contributed by atoms with Gasteiger partial charge in [-0.15, -0.1) is 0 Å². The van der Waals surface area contributed by atoms with Crippen LogP contribution < -0.4 is 9.47 Å². The van der Waals surface area contributed by atoms with Crippen LogP contribution >= 0.6 is 0 Å². The SMILES string of the molecule is COc1ccc(C2=NOC3(COC(O)C3)C2)cc1OC1CCCC1. The highest BCUT2D eigenvalue weighted by atomic mass is 16.7. The Bertz CT molecular complexity index is 640. The smallest absolute Gasteiger partial charge is 0.171 e. The Morgan fingerprint density at radius 1 is 1.25 bits per heavy atom. The van der Waals surface area contributed by atoms with Crippen LogP contribution in [0.4, 0.5) is 0 Å². The standard InChI is InChI=1S/C18H23NO5/c1-21-15-7-6-12(8-16(15)23-13-4-2-3-5-13)14-9-18(24-19-14)10-17(20)22-11-18/h6-8,13,17,20H,2-5,9-11H2,1H3. The summed E-state index contributed by atoms with van der Waals surface area (Å²) in [6.45, 7) is 0.364. The molecule has 6 nitrogen and oxygen atoms in total. The molecule has 1 aliphatic carbocycles. The van der Waals surface area contributed by atoms with Crippen molar-refractivity contribution >= 4 is 5.71 Å². The summed E-state index contributed by atoms with van der Waals surface area (Å²) >= 11 is 0. The van der Waals surface area contributed by atoms with Crippen molar-refractivity contribution in [2.75, 3.05) is 13.7 Å². The van der Waals surface area contributed by atoms with E-state index in [2.05, 4.69) is 5.16 Å². The molecule has 0 radical (unpaired) electrons. The molecule has 2 fully saturated rings. The summed E-state index contributed by atoms with van der Waals surface area (Å²) in [5.74, 6) is 1.49. The van der Waals surface area contributed by atoms with Crippen LogP contribution in [0.25, 0.3) is 0 Å². The number of nitrogens with zero attached hydrogens (tertiary/aromatic N) is 1. The lowest BCUT2D eigenvalue weighted by atomic mass is 9.93. The molecular formula is C18H23NO5. The Balaban J connectivity index is 1.53. The van der Waals surface area contributed by atoms with Crippen molar-refractivity contribution in [2.24, 2.45) is 5.16 Å². The minimum atomic E-state index is -0.767. The molecule has 0 amide bonds. The molecule has 0 aromatic heterocycles. The van der Waals surface area contributed by atoms with E-state index in [9.17, 15) is 5.11 Å². The lowest BCUT2D eigenvalue weighted by Crippen LogP contribution is -2.29. The average molecular weight is 333 g/mol. The third-order valence-electron chi connectivity index (χ3n) is 5.02. The first-order valence-electron chi connectivity index (χ1n) is 8.57. The van der Waals surface area contributed by atoms with Gasteiger partial charge in [-0.3, -0.25) is 0 Å². The molecule has 1 saturated heterocycles. The van der Waals surface area contributed by atoms with Gasteiger partial charge >= 0.3 is 0 Å². The van der Waals surface area contributed by atoms with Gasteiger partial charge < -0.3 is 24.2 Å². The summed E-state index contributed by atoms with van der Waals surface area (Å²) in [4.78, 5) is 5.60. The maximum Gasteiger partial charge on any atom is 0.171 e. The lowest BCUT2D eigenvalue weighted by molar-refractivity contribution is -0.0632. The predicted molar refractivity (Wildman–Crippen MR) is 87.4 cm³/mol. The van der Waals surface area contributed by atoms with Gasteiger partial charge in [0.2, 0.25) is 0 Å². The van der Waals surface area contributed by atoms with E-state index in [0.29, 0.717) is 19.4 Å². The molecule has 1 N–H and O–H groups in total. The zero-order valence-electron chi connectivity index (χ0n) is 13.9. The fraction of sp³-hybridized carbons (Fsp3) is 0.611. The number of ether oxygens (including phenoxy) is 3. The van der Waals surface area contributed by atoms with Gasteiger partial charge in [-0.25, -0.2) is 0 Å². The molecule has 1 spiro atoms. The molecule has 1 aromatic carbocycles. The molecule has 6 heteroatoms. The van der Waals surface area contributed by atoms with Crippen molar-refractivity contribution in [3.05, 3.63) is 23.8 Å². The van der Waals surface area contributed by atoms with E-state index in [-0.39, 0.29) is 6.10 Å². The minimum Gasteiger partial charge on any atom is -0.493 e. The van der Waals surface area contributed by atoms with Crippen LogP contribution in [0.3, 0.4) is 0 Å². The maximum absolute atomic E-state index is 9.59. The third-order valence-corrected chi connectivity index (χ3v) is 5.02. The summed E-state index contributed by atoms with van der Waals surface area (Å²) in [5.41, 5.74) is 1.29. The molecule has 2 heterocycles. The van der Waals surface area contributed by atoms with Crippen LogP contribution in [-0.2, 0) is 9.57 Å². The molecular weight excluding hydrogens is 310 g/mol. The number of aliphatic hydroxyl groups is 1. The monoisotopic (exact) mass is 333 g/mol. The van der Waals surface area contributed by atoms with E-state index in [0.717, 1.165) is 35.6 Å². The second-order valence-electron chi connectivity index (χ2n) is 6.85. The second-order valence-corrected chi connectivity index (χ2v) is 6.85. The molecule has 130 valence electrons. The van der Waals surface area contributed by atoms with Crippen molar-refractivity contribution in [3.63, 3.8) is 0 Å². The van der Waals surface area contributed by atoms with Crippen molar-refractivity contribution in [1.82, 2.24) is 0 Å². The number of hydrogen-bond donors (Lipinski definition) is 1. The average Bonchev–Trinajstić information content (AvgIpc) is 3.31. The fourth-order valence-corrected chi connectivity index (χ4v) is 3.68. The number of oxime groups is 1. The Morgan fingerprint density at radius 3 is 2.79 bits per heavy atom. The Morgan fingerprint density at radius 2 is 2.08 bits per heavy atom. The van der Waals surface area contributed by atoms with Gasteiger partial charge in [0.1, 0.15) is 0 Å². The van der Waals surface area contributed by atoms with Gasteiger partial charge in [0, 0.05) is 18.4 Å². The number of benzene rings is 1. The Kier molecular flexibility index (Phi) is 4.10. The molecule has 1 saturated carbocycles. The number of hydrogen-bond acceptors (Lipinski definition) is 6. The highest BCUT2D eigenvalue weighted by Crippen LogP contribution is 2.38. The summed E-state index contributed by atoms with van der Waals surface area (Å²) in [5, 5.41) is 13.8. The number of aliphatic hydroxyl groups excluding tert-OH is 1. The molecule has 3 aliphatic rings. The molecule has 1 aromatic rings. The maximum atomic E-state index is 9.59. The largest absolute Gasteiger partial charge is 0.493 e. The Labute approximate surface area is 141 Å². The zero-order chi connectivity index (χ0) is 16.6. The first-order valence-corrected chi connectivity index (χ1v) is 8.57. The fourth-order valence-electron chi connectivity index (χ4n) is 3.68. The van der Waals surface area contributed by atoms with Gasteiger partial charge in [-0.2, -0.15) is 0 Å². The van der Waals surface area contributed by atoms with Gasteiger partial charge in [-0.05, 0) is 43.9 Å². The van der Waals surface area contributed by atoms with Crippen molar-refractivity contribution in [3.8, 4) is 11.5 Å². The van der Waals surface area contributed by atoms with Crippen LogP contribution in [-0.4, -0.2) is 42.5 Å². The summed E-state index contributed by atoms with van der Waals surface area (Å²) < 4.78 is 16.8. The van der Waals surface area contributed by atoms with Crippen molar-refractivity contribution in [2.45, 2.75) is 56.5 Å². The highest BCUT2D eigenvalue weighted by Gasteiger charge is 2.47. The van der Waals surface area contributed by atoms with Gasteiger partial charge in [0.15, 0.2) is 23.4 Å². The molecule has 2 aliphatic heterocycles. The van der Waals surface area contributed by atoms with Crippen LogP contribution in [0.5, 0.6) is 11.5 Å². The highest BCUT2D eigenvalue weighted by molar-refractivity contribution is 6.02. The topological polar surface area (TPSA) is 69.5 Å². The van der Waals surface area contributed by atoms with Crippen molar-refractivity contribution < 1.29 is 24.2 Å². The molecule has 4 rings (SSSR count). The summed E-state index contributed by atoms with van der Waals surface area (Å²) in [6, 6.07) is 5.85. The van der Waals surface area contributed by atoms with E-state index >= 15 is 0 Å². The van der Waals surface area contributed by atoms with Gasteiger partial charge in [-0.1, -0.05) is 5.16 Å². The van der Waals surface area contributed by atoms with Crippen LogP contribution in [0, 0.1) is 0 Å². The number of methoxy groups -OCH3 is 1. The van der Waals surface area contributed by atoms with E-state index in [4.69, 9.17) is 19.0 Å². The lowest BCUT2D eigenvalue weighted by Gasteiger charge is -2.18. The van der Waals surface area contributed by atoms with Crippen molar-refractivity contribution in [1.29, 1.82) is 0 Å². The van der Waals surface area contributed by atoms with Crippen LogP contribution in [0.2, 0.25) is 0 Å². The van der Waals surface area contributed by atoms with Gasteiger partial charge in [0.25, 0.3) is 0 Å². The number of rotatable bonds is 4. The normalized spacial score (nSPS) is 29.8. The van der Waals surface area contributed by atoms with E-state index in [1.807, 2.05) is 18.2 Å². The first-order chi connectivity index (χ1) is 11.7. The molecule has 2 atom stereocenters. The summed E-state index contributed by atoms with van der Waals surface area (Å²) in [7, 11) is 1.65. The minimum absolute atomic E-state index is 0.264. The quantitative estimate of drug-likeness (QED) is 0.917. The summed E-state index contributed by atoms with van der Waals surface area (Å²) in [6.07, 6.45) is 5.19. The second kappa shape index (κ2) is 6.26. The van der Waals surface area contributed by atoms with E-state index in [1.165, 1.54) is 12.8 Å². The molecule has 2 unspecified atom stereocenters. The molecule has 24 heavy (non-hydrogen) atoms. The predicted octanol–water partition coefficient (Wildman–Crippen LogP) is 2.62.